The summed E-state index contributed by atoms with van der Waals surface area (Å²) in [5.74, 6) is -1.16. The van der Waals surface area contributed by atoms with Crippen molar-refractivity contribution in [2.45, 2.75) is 12.5 Å². The molecule has 0 spiro atoms. The summed E-state index contributed by atoms with van der Waals surface area (Å²) in [6.07, 6.45) is 2.18. The molecular weight excluding hydrogens is 274 g/mol. The zero-order valence-electron chi connectivity index (χ0n) is 9.81. The third-order valence-electron chi connectivity index (χ3n) is 2.32. The van der Waals surface area contributed by atoms with Crippen molar-refractivity contribution < 1.29 is 14.7 Å². The molecule has 0 aliphatic rings. The van der Waals surface area contributed by atoms with Gasteiger partial charge in [0.05, 0.1) is 22.6 Å². The molecule has 0 bridgehead atoms. The van der Waals surface area contributed by atoms with E-state index in [9.17, 15) is 14.7 Å². The highest BCUT2D eigenvalue weighted by Gasteiger charge is 2.16. The van der Waals surface area contributed by atoms with Crippen molar-refractivity contribution in [3.05, 3.63) is 34.9 Å². The van der Waals surface area contributed by atoms with E-state index in [4.69, 9.17) is 11.6 Å². The fraction of sp³-hybridized carbons (Fsp3) is 0.333. The van der Waals surface area contributed by atoms with E-state index in [0.29, 0.717) is 12.2 Å². The molecule has 1 amide bonds. The number of hydrogen-bond donors (Lipinski definition) is 1. The minimum absolute atomic E-state index is 0.259. The molecule has 0 aromatic heterocycles. The van der Waals surface area contributed by atoms with Gasteiger partial charge in [0.1, 0.15) is 0 Å². The molecule has 0 aliphatic heterocycles. The van der Waals surface area contributed by atoms with Crippen LogP contribution in [0, 0.1) is 0 Å². The molecule has 0 saturated carbocycles. The van der Waals surface area contributed by atoms with Crippen molar-refractivity contribution in [3.8, 4) is 0 Å². The predicted octanol–water partition coefficient (Wildman–Crippen LogP) is 0.941. The second-order valence-electron chi connectivity index (χ2n) is 3.61. The van der Waals surface area contributed by atoms with Crippen molar-refractivity contribution in [2.24, 2.45) is 0 Å². The van der Waals surface area contributed by atoms with E-state index in [1.807, 2.05) is 6.26 Å². The molecule has 1 N–H and O–H groups in total. The molecule has 0 aliphatic carbocycles. The van der Waals surface area contributed by atoms with Gasteiger partial charge in [0, 0.05) is 0 Å². The van der Waals surface area contributed by atoms with Gasteiger partial charge in [-0.3, -0.25) is 4.79 Å². The zero-order valence-corrected chi connectivity index (χ0v) is 11.4. The molecule has 98 valence electrons. The number of rotatable bonds is 6. The highest BCUT2D eigenvalue weighted by atomic mass is 35.5. The summed E-state index contributed by atoms with van der Waals surface area (Å²) in [6, 6.07) is 5.48. The fourth-order valence-electron chi connectivity index (χ4n) is 1.37. The molecule has 1 aromatic rings. The van der Waals surface area contributed by atoms with Gasteiger partial charge in [-0.1, -0.05) is 23.7 Å². The summed E-state index contributed by atoms with van der Waals surface area (Å²) in [5, 5.41) is 13.6. The lowest BCUT2D eigenvalue weighted by Crippen LogP contribution is -2.48. The molecule has 0 unspecified atom stereocenters. The van der Waals surface area contributed by atoms with Crippen molar-refractivity contribution in [1.29, 1.82) is 0 Å². The Bertz CT molecular complexity index is 439. The summed E-state index contributed by atoms with van der Waals surface area (Å²) >= 11 is 7.36. The fourth-order valence-corrected chi connectivity index (χ4v) is 2.06. The molecule has 1 atom stereocenters. The van der Waals surface area contributed by atoms with Gasteiger partial charge in [-0.2, -0.15) is 11.8 Å². The second-order valence-corrected chi connectivity index (χ2v) is 5.00. The number of thioether (sulfide) groups is 1. The highest BCUT2D eigenvalue weighted by molar-refractivity contribution is 7.98. The molecule has 0 heterocycles. The van der Waals surface area contributed by atoms with Gasteiger partial charge >= 0.3 is 0 Å². The zero-order chi connectivity index (χ0) is 13.5. The van der Waals surface area contributed by atoms with Crippen LogP contribution >= 0.6 is 23.4 Å². The first-order valence-corrected chi connectivity index (χ1v) is 7.08. The number of carbonyl (C=O) groups is 2. The molecule has 0 saturated heterocycles. The van der Waals surface area contributed by atoms with Gasteiger partial charge in [0.25, 0.3) is 5.91 Å². The molecule has 4 nitrogen and oxygen atoms in total. The molecular formula is C12H13ClNO3S-. The van der Waals surface area contributed by atoms with Crippen LogP contribution in [0.5, 0.6) is 0 Å². The lowest BCUT2D eigenvalue weighted by Gasteiger charge is -2.19. The molecule has 0 fully saturated rings. The quantitative estimate of drug-likeness (QED) is 0.845. The first kappa shape index (κ1) is 14.9. The topological polar surface area (TPSA) is 69.2 Å². The van der Waals surface area contributed by atoms with Gasteiger partial charge in [0.15, 0.2) is 0 Å². The van der Waals surface area contributed by atoms with Gasteiger partial charge in [-0.15, -0.1) is 0 Å². The van der Waals surface area contributed by atoms with E-state index >= 15 is 0 Å². The van der Waals surface area contributed by atoms with Crippen LogP contribution in [0.1, 0.15) is 16.8 Å². The second kappa shape index (κ2) is 7.28. The van der Waals surface area contributed by atoms with E-state index in [1.54, 1.807) is 24.3 Å². The number of hydrogen-bond acceptors (Lipinski definition) is 4. The Labute approximate surface area is 115 Å². The number of nitrogens with one attached hydrogen (secondary N) is 1. The average molecular weight is 287 g/mol. The molecule has 1 aromatic carbocycles. The van der Waals surface area contributed by atoms with Crippen LogP contribution in [0.3, 0.4) is 0 Å². The van der Waals surface area contributed by atoms with Crippen LogP contribution in [-0.2, 0) is 4.79 Å². The normalized spacial score (nSPS) is 11.9. The van der Waals surface area contributed by atoms with Crippen LogP contribution in [0.15, 0.2) is 24.3 Å². The minimum Gasteiger partial charge on any atom is -0.548 e. The maximum absolute atomic E-state index is 11.9. The number of amides is 1. The number of carboxylic acid groups (broad SMARTS) is 1. The SMILES string of the molecule is CSCC[C@H](NC(=O)c1ccccc1Cl)C(=O)[O-]. The predicted molar refractivity (Wildman–Crippen MR) is 70.7 cm³/mol. The van der Waals surface area contributed by atoms with E-state index in [0.717, 1.165) is 0 Å². The minimum atomic E-state index is -1.29. The van der Waals surface area contributed by atoms with Crippen LogP contribution in [0.2, 0.25) is 5.02 Å². The Kier molecular flexibility index (Phi) is 6.01. The standard InChI is InChI=1S/C12H14ClNO3S/c1-18-7-6-10(12(16)17)14-11(15)8-4-2-3-5-9(8)13/h2-5,10H,6-7H2,1H3,(H,14,15)(H,16,17)/p-1/t10-/m0/s1. The summed E-state index contributed by atoms with van der Waals surface area (Å²) in [6.45, 7) is 0. The molecule has 6 heteroatoms. The number of halogens is 1. The summed E-state index contributed by atoms with van der Waals surface area (Å²) in [4.78, 5) is 22.7. The van der Waals surface area contributed by atoms with E-state index in [2.05, 4.69) is 5.32 Å². The van der Waals surface area contributed by atoms with Crippen molar-refractivity contribution in [2.75, 3.05) is 12.0 Å². The Morgan fingerprint density at radius 3 is 2.67 bits per heavy atom. The van der Waals surface area contributed by atoms with Crippen molar-refractivity contribution in [1.82, 2.24) is 5.32 Å². The van der Waals surface area contributed by atoms with Gasteiger partial charge in [0.2, 0.25) is 0 Å². The van der Waals surface area contributed by atoms with Crippen LogP contribution in [0.4, 0.5) is 0 Å². The van der Waals surface area contributed by atoms with Gasteiger partial charge in [-0.25, -0.2) is 0 Å². The number of carboxylic acids is 1. The maximum Gasteiger partial charge on any atom is 0.253 e. The van der Waals surface area contributed by atoms with Crippen LogP contribution in [-0.4, -0.2) is 29.9 Å². The third-order valence-corrected chi connectivity index (χ3v) is 3.29. The van der Waals surface area contributed by atoms with Crippen LogP contribution in [0.25, 0.3) is 0 Å². The number of aliphatic carboxylic acids is 1. The van der Waals surface area contributed by atoms with E-state index < -0.39 is 17.9 Å². The van der Waals surface area contributed by atoms with E-state index in [-0.39, 0.29) is 10.6 Å². The monoisotopic (exact) mass is 286 g/mol. The Hall–Kier alpha value is -1.20. The Balaban J connectivity index is 2.72. The first-order valence-electron chi connectivity index (χ1n) is 5.31. The van der Waals surface area contributed by atoms with Crippen LogP contribution < -0.4 is 10.4 Å². The molecule has 18 heavy (non-hydrogen) atoms. The number of carbonyl (C=O) groups excluding carboxylic acids is 2. The average Bonchev–Trinajstić information content (AvgIpc) is 2.34. The summed E-state index contributed by atoms with van der Waals surface area (Å²) in [5.41, 5.74) is 0.259. The van der Waals surface area contributed by atoms with Gasteiger partial charge < -0.3 is 15.2 Å². The Morgan fingerprint density at radius 1 is 1.44 bits per heavy atom. The maximum atomic E-state index is 11.9. The lowest BCUT2D eigenvalue weighted by atomic mass is 10.1. The van der Waals surface area contributed by atoms with E-state index in [1.165, 1.54) is 11.8 Å². The summed E-state index contributed by atoms with van der Waals surface area (Å²) < 4.78 is 0. The van der Waals surface area contributed by atoms with Crippen molar-refractivity contribution in [3.63, 3.8) is 0 Å². The first-order chi connectivity index (χ1) is 8.56. The molecule has 0 radical (unpaired) electrons. The third kappa shape index (κ3) is 4.23. The smallest absolute Gasteiger partial charge is 0.253 e. The lowest BCUT2D eigenvalue weighted by molar-refractivity contribution is -0.308. The Morgan fingerprint density at radius 2 is 2.11 bits per heavy atom. The number of benzene rings is 1. The molecule has 1 rings (SSSR count). The largest absolute Gasteiger partial charge is 0.548 e. The highest BCUT2D eigenvalue weighted by Crippen LogP contribution is 2.15. The summed E-state index contributed by atoms with van der Waals surface area (Å²) in [7, 11) is 0. The van der Waals surface area contributed by atoms with Gasteiger partial charge in [-0.05, 0) is 30.6 Å². The van der Waals surface area contributed by atoms with Crippen molar-refractivity contribution >= 4 is 35.2 Å².